The molecule has 0 bridgehead atoms. The second-order valence-electron chi connectivity index (χ2n) is 26.6. The maximum absolute atomic E-state index is 12.6. The largest absolute Gasteiger partial charge is 0.480 e. The number of esters is 2. The number of ether oxygens (including phenoxy) is 3. The number of carbonyl (C=O) groups is 10. The molecule has 0 unspecified atom stereocenters. The van der Waals surface area contributed by atoms with Gasteiger partial charge in [-0.15, -0.1) is 0 Å². The first kappa shape index (κ1) is 88.3. The van der Waals surface area contributed by atoms with E-state index in [0.29, 0.717) is 51.4 Å². The highest BCUT2D eigenvalue weighted by Crippen LogP contribution is 2.17. The van der Waals surface area contributed by atoms with E-state index in [2.05, 4.69) is 44.8 Å². The van der Waals surface area contributed by atoms with E-state index < -0.39 is 41.2 Å². The number of aryl methyl sites for hydroxylation is 1. The van der Waals surface area contributed by atoms with E-state index in [1.165, 1.54) is 31.9 Å². The molecule has 4 aromatic rings. The Labute approximate surface area is 576 Å². The lowest BCUT2D eigenvalue weighted by atomic mass is 10.00. The minimum Gasteiger partial charge on any atom is -0.480 e. The summed E-state index contributed by atoms with van der Waals surface area (Å²) < 4.78 is 14.8. The third-order valence-corrected chi connectivity index (χ3v) is 13.8. The number of benzene rings is 4. The first-order valence-electron chi connectivity index (χ1n) is 33.4. The van der Waals surface area contributed by atoms with Crippen molar-refractivity contribution in [3.05, 3.63) is 156 Å². The van der Waals surface area contributed by atoms with E-state index in [1.807, 2.05) is 151 Å². The van der Waals surface area contributed by atoms with Crippen LogP contribution in [0, 0.1) is 29.6 Å². The minimum atomic E-state index is -1.07. The van der Waals surface area contributed by atoms with Crippen molar-refractivity contribution >= 4 is 59.9 Å². The van der Waals surface area contributed by atoms with Gasteiger partial charge in [0.1, 0.15) is 43.7 Å². The lowest BCUT2D eigenvalue weighted by molar-refractivity contribution is -0.153. The third kappa shape index (κ3) is 50.4. The monoisotopic (exact) mass is 1350 g/mol. The number of carbonyl (C=O) groups excluding carboxylic acids is 7. The first-order chi connectivity index (χ1) is 45.6. The maximum Gasteiger partial charge on any atom is 0.407 e. The highest BCUT2D eigenvalue weighted by atomic mass is 16.6. The van der Waals surface area contributed by atoms with E-state index in [9.17, 15) is 47.9 Å². The highest BCUT2D eigenvalue weighted by molar-refractivity contribution is 5.84. The van der Waals surface area contributed by atoms with Crippen LogP contribution >= 0.6 is 0 Å². The molecule has 0 aliphatic carbocycles. The fraction of sp³-hybridized carbons (Fsp3) is 0.526. The molecule has 0 aliphatic heterocycles. The maximum atomic E-state index is 12.6. The van der Waals surface area contributed by atoms with Crippen molar-refractivity contribution in [2.24, 2.45) is 35.3 Å². The molecule has 4 rings (SSSR count). The van der Waals surface area contributed by atoms with Crippen LogP contribution in [0.2, 0.25) is 0 Å². The summed E-state index contributed by atoms with van der Waals surface area (Å²) in [7, 11) is 0. The Hall–Kier alpha value is -8.72. The molecule has 0 fully saturated rings. The van der Waals surface area contributed by atoms with Gasteiger partial charge >= 0.3 is 35.9 Å². The van der Waals surface area contributed by atoms with Crippen LogP contribution < -0.4 is 11.1 Å². The zero-order chi connectivity index (χ0) is 73.4. The topological polar surface area (TPSA) is 307 Å². The molecule has 21 heteroatoms. The lowest BCUT2D eigenvalue weighted by Gasteiger charge is -2.25. The second kappa shape index (κ2) is 50.6. The molecular weight excluding hydrogens is 1240 g/mol. The third-order valence-electron chi connectivity index (χ3n) is 13.8. The van der Waals surface area contributed by atoms with Gasteiger partial charge in [-0.2, -0.15) is 0 Å². The Morgan fingerprint density at radius 1 is 0.505 bits per heavy atom. The lowest BCUT2D eigenvalue weighted by Crippen LogP contribution is -2.39. The smallest absolute Gasteiger partial charge is 0.407 e. The van der Waals surface area contributed by atoms with Crippen molar-refractivity contribution in [2.45, 2.75) is 171 Å². The van der Waals surface area contributed by atoms with Crippen molar-refractivity contribution in [3.8, 4) is 0 Å². The molecule has 0 heterocycles. The predicted octanol–water partition coefficient (Wildman–Crippen LogP) is 11.7. The van der Waals surface area contributed by atoms with Gasteiger partial charge in [0, 0.05) is 51.4 Å². The van der Waals surface area contributed by atoms with Gasteiger partial charge in [-0.05, 0) is 132 Å². The molecule has 4 amide bonds. The van der Waals surface area contributed by atoms with Crippen LogP contribution in [0.1, 0.15) is 157 Å². The summed E-state index contributed by atoms with van der Waals surface area (Å²) >= 11 is 0. The average Bonchev–Trinajstić information content (AvgIpc) is 1.45. The van der Waals surface area contributed by atoms with Gasteiger partial charge in [-0.1, -0.05) is 182 Å². The number of hydrogen-bond acceptors (Lipinski definition) is 14. The van der Waals surface area contributed by atoms with Crippen molar-refractivity contribution in [1.29, 1.82) is 0 Å². The number of rotatable bonds is 36. The van der Waals surface area contributed by atoms with Crippen LogP contribution in [0.4, 0.5) is 4.79 Å². The normalized spacial score (nSPS) is 11.9. The molecular formula is C76H113N5O16. The summed E-state index contributed by atoms with van der Waals surface area (Å²) in [5.74, 6) is -3.38. The van der Waals surface area contributed by atoms with Crippen LogP contribution in [0.25, 0.3) is 0 Å². The number of nitrogens with one attached hydrogen (secondary N) is 1. The summed E-state index contributed by atoms with van der Waals surface area (Å²) in [6, 6.07) is 39.6. The number of nitrogens with two attached hydrogens (primary N) is 1. The summed E-state index contributed by atoms with van der Waals surface area (Å²) in [6.07, 6.45) is 8.93. The van der Waals surface area contributed by atoms with Crippen LogP contribution in [0.3, 0.4) is 0 Å². The van der Waals surface area contributed by atoms with Crippen molar-refractivity contribution in [1.82, 2.24) is 20.0 Å². The van der Waals surface area contributed by atoms with Gasteiger partial charge in [-0.25, -0.2) is 4.79 Å². The molecule has 0 radical (unpaired) electrons. The molecule has 0 spiro atoms. The van der Waals surface area contributed by atoms with E-state index in [0.717, 1.165) is 62.4 Å². The minimum absolute atomic E-state index is 0.0444. The van der Waals surface area contributed by atoms with Gasteiger partial charge in [0.25, 0.3) is 0 Å². The zero-order valence-corrected chi connectivity index (χ0v) is 59.7. The van der Waals surface area contributed by atoms with Gasteiger partial charge in [0.2, 0.25) is 17.7 Å². The van der Waals surface area contributed by atoms with Crippen molar-refractivity contribution in [2.75, 3.05) is 59.0 Å². The Balaban J connectivity index is 0.00000125. The molecule has 21 nitrogen and oxygen atoms in total. The van der Waals surface area contributed by atoms with Gasteiger partial charge in [-0.3, -0.25) is 38.4 Å². The standard InChI is InChI=1S/C23H36N2O5.C19H25NO5.C18H27NO3.C10H12O.C6H13NO2/c1-18(10-8-9-15-24-22(29)30-23(2,3)4)16-25(17-21(27)28)20(26)14-13-19-11-6-5-7-12-19;1-3-11-25-19(24)10-9-17(21)20(14-18(22)23)13-15(2)12-16-7-5-4-6-8-16;1-14(2)9-10-17(20)19(13-18(21)22)12-15(3)11-16-7-5-4-6-8-16;1-9(8-11)7-10-5-3-2-4-6-10;1-6(2,3)9-5(8)4-7/h5-7,11-12,18H,8-10,13-17H2,1-4H3,(H,24,29)(H,27,28);3-8,15H,1,9-14H2,2H3,(H,22,23);4-8,14-15H,9-13H2,1-3H3,(H,21,22);2-6,8-9H,7H2,1H3;4,7H2,1-3H3/t18-;2*15-;9-;/m0000./s1. The number of amides is 4. The van der Waals surface area contributed by atoms with E-state index in [-0.39, 0.29) is 93.0 Å². The predicted molar refractivity (Wildman–Crippen MR) is 378 cm³/mol. The molecule has 0 aromatic heterocycles. The first-order valence-corrected chi connectivity index (χ1v) is 33.4. The molecule has 97 heavy (non-hydrogen) atoms. The number of carboxylic acids is 3. The second-order valence-corrected chi connectivity index (χ2v) is 26.6. The molecule has 4 aromatic carbocycles. The number of nitrogens with zero attached hydrogens (tertiary/aromatic N) is 3. The number of aldehydes is 1. The quantitative estimate of drug-likeness (QED) is 0.00929. The van der Waals surface area contributed by atoms with Crippen LogP contribution in [0.5, 0.6) is 0 Å². The molecule has 0 saturated carbocycles. The number of aliphatic carboxylic acids is 3. The van der Waals surface area contributed by atoms with Crippen LogP contribution in [-0.4, -0.2) is 160 Å². The number of hydrogen-bond donors (Lipinski definition) is 5. The van der Waals surface area contributed by atoms with Gasteiger partial charge in [0.05, 0.1) is 13.0 Å². The fourth-order valence-electron chi connectivity index (χ4n) is 9.39. The van der Waals surface area contributed by atoms with Gasteiger partial charge in [0.15, 0.2) is 0 Å². The van der Waals surface area contributed by atoms with Crippen molar-refractivity contribution in [3.63, 3.8) is 0 Å². The Bertz CT molecular complexity index is 2900. The van der Waals surface area contributed by atoms with Gasteiger partial charge < -0.3 is 60.1 Å². The fourth-order valence-corrected chi connectivity index (χ4v) is 9.39. The number of carboxylic acid groups (broad SMARTS) is 3. The molecule has 538 valence electrons. The zero-order valence-electron chi connectivity index (χ0n) is 59.7. The van der Waals surface area contributed by atoms with E-state index in [1.54, 1.807) is 20.8 Å². The van der Waals surface area contributed by atoms with Crippen molar-refractivity contribution < 1.29 is 77.5 Å². The number of unbranched alkanes of at least 4 members (excludes halogenated alkanes) is 1. The molecule has 0 aliphatic rings. The summed E-state index contributed by atoms with van der Waals surface area (Å²) in [6.45, 7) is 27.3. The Morgan fingerprint density at radius 2 is 0.897 bits per heavy atom. The van der Waals surface area contributed by atoms with Crippen LogP contribution in [-0.2, 0) is 83.0 Å². The SMILES string of the molecule is C=CCOC(=O)CCC(=O)N(CC(=O)O)C[C@@H](C)Cc1ccccc1.CC(C)(C)OC(=O)CN.CC(C)CCC(=O)N(CC(=O)O)C[C@@H](C)Cc1ccccc1.C[C@@H](CCCCNC(=O)OC(C)(C)C)CN(CC(=O)O)C(=O)CCc1ccccc1.C[C@H](C=O)Cc1ccccc1. The molecule has 4 atom stereocenters. The molecule has 0 saturated heterocycles. The Kier molecular flexibility index (Phi) is 46.1. The molecule has 6 N–H and O–H groups in total. The van der Waals surface area contributed by atoms with Crippen LogP contribution in [0.15, 0.2) is 134 Å². The summed E-state index contributed by atoms with van der Waals surface area (Å²) in [5, 5.41) is 29.9. The summed E-state index contributed by atoms with van der Waals surface area (Å²) in [5.41, 5.74) is 8.71. The van der Waals surface area contributed by atoms with E-state index >= 15 is 0 Å². The average molecular weight is 1350 g/mol. The van der Waals surface area contributed by atoms with E-state index in [4.69, 9.17) is 35.3 Å². The highest BCUT2D eigenvalue weighted by Gasteiger charge is 2.24. The number of alkyl carbamates (subject to hydrolysis) is 1. The Morgan fingerprint density at radius 3 is 1.27 bits per heavy atom. The summed E-state index contributed by atoms with van der Waals surface area (Å²) in [4.78, 5) is 118.